The molecule has 5 aromatic rings. The number of carbonyl (C=O) groups is 1. The molecule has 0 saturated heterocycles. The third-order valence-corrected chi connectivity index (χ3v) is 14.1. The van der Waals surface area contributed by atoms with Crippen molar-refractivity contribution in [1.29, 1.82) is 0 Å². The zero-order chi connectivity index (χ0) is 49.3. The molecule has 2 N–H and O–H groups in total. The number of non-ortho nitro benzene ring substituents is 1. The average Bonchev–Trinajstić information content (AvgIpc) is 3.88. The minimum atomic E-state index is -1.48. The normalized spacial score (nSPS) is 22.1. The summed E-state index contributed by atoms with van der Waals surface area (Å²) in [5.41, 5.74) is 5.69. The second kappa shape index (κ2) is 22.4. The molecule has 1 fully saturated rings. The summed E-state index contributed by atoms with van der Waals surface area (Å²) < 4.78 is 32.6. The molecular formula is C57H61N3O11. The number of allylic oxidation sites excluding steroid dienone is 1. The Bertz CT molecular complexity index is 2730. The molecule has 0 spiro atoms. The fourth-order valence-electron chi connectivity index (χ4n) is 10.9. The number of nitro groups is 1. The minimum Gasteiger partial charge on any atom is -0.459 e. The summed E-state index contributed by atoms with van der Waals surface area (Å²) in [6.45, 7) is 6.78. The highest BCUT2D eigenvalue weighted by atomic mass is 16.7. The minimum absolute atomic E-state index is 0.00558. The largest absolute Gasteiger partial charge is 0.459 e. The van der Waals surface area contributed by atoms with Crippen molar-refractivity contribution in [2.75, 3.05) is 33.2 Å². The van der Waals surface area contributed by atoms with Gasteiger partial charge in [-0.1, -0.05) is 79.5 Å². The van der Waals surface area contributed by atoms with Crippen LogP contribution in [0.3, 0.4) is 0 Å². The van der Waals surface area contributed by atoms with Gasteiger partial charge in [0.25, 0.3) is 11.6 Å². The van der Waals surface area contributed by atoms with E-state index in [2.05, 4.69) is 30.9 Å². The molecule has 2 aliphatic carbocycles. The van der Waals surface area contributed by atoms with E-state index in [1.54, 1.807) is 36.4 Å². The van der Waals surface area contributed by atoms with Gasteiger partial charge in [0.15, 0.2) is 11.5 Å². The first-order chi connectivity index (χ1) is 34.7. The van der Waals surface area contributed by atoms with E-state index in [1.165, 1.54) is 12.1 Å². The van der Waals surface area contributed by atoms with Crippen LogP contribution in [-0.4, -0.2) is 76.6 Å². The number of benzene rings is 5. The van der Waals surface area contributed by atoms with Crippen molar-refractivity contribution in [3.05, 3.63) is 166 Å². The van der Waals surface area contributed by atoms with Gasteiger partial charge in [-0.05, 0) is 127 Å². The first-order valence-electron chi connectivity index (χ1n) is 24.7. The smallest absolute Gasteiger partial charge is 0.269 e. The molecule has 14 heteroatoms. The van der Waals surface area contributed by atoms with Crippen molar-refractivity contribution in [3.8, 4) is 39.9 Å². The number of rotatable bonds is 22. The number of oxime groups is 1. The van der Waals surface area contributed by atoms with E-state index in [0.717, 1.165) is 47.9 Å². The standard InChI is InChI=1S/C57H61N3O11/c1-3-28-59(56(63)42-20-26-51-52(33-42)67-37-66-51)53-35-49(58-69-36-38-16-21-43(22-17-38)60(64)65)47-32-41(14-8-10-29-61)46(15-9-11-30-62)54-48-34-45(25-27-50(48)71-57(53,55(47)54)68-31-4-2)70-44-23-18-40(19-24-44)39-12-6-5-7-13-39/h4-7,12-13,16-27,32-34,41,46,53-55,61-62H,2-3,8-11,14-15,28-31,35-37H2,1H3/t41-,46+,53-,54+,55+,57+/m0/s1. The third kappa shape index (κ3) is 10.4. The number of nitrogens with zero attached hydrogens (tertiary/aromatic N) is 3. The summed E-state index contributed by atoms with van der Waals surface area (Å²) in [6.07, 6.45) is 9.15. The molecule has 0 radical (unpaired) electrons. The van der Waals surface area contributed by atoms with Crippen LogP contribution in [0.2, 0.25) is 0 Å². The Morgan fingerprint density at radius 2 is 1.59 bits per heavy atom. The first kappa shape index (κ1) is 49.0. The average molecular weight is 964 g/mol. The Hall–Kier alpha value is -7.00. The summed E-state index contributed by atoms with van der Waals surface area (Å²) in [4.78, 5) is 34.3. The van der Waals surface area contributed by atoms with E-state index in [9.17, 15) is 20.3 Å². The SMILES string of the molecule is C=CCO[C@@]12Oc3ccc(Oc4ccc(-c5ccccc5)cc4)cc3[C@H]3[C@H](CCCCO)[C@@H](CCCCO)C=C(C(=NOCc4ccc([N+](=O)[O-])cc4)C[C@@H]1N(CCC)C(=O)c1ccc4c(c1)OCO4)[C@H]32. The van der Waals surface area contributed by atoms with Crippen molar-refractivity contribution < 1.29 is 48.5 Å². The number of ether oxygens (including phenoxy) is 5. The molecule has 5 aromatic carbocycles. The Morgan fingerprint density at radius 3 is 2.32 bits per heavy atom. The number of nitro benzene ring substituents is 1. The van der Waals surface area contributed by atoms with Gasteiger partial charge in [-0.25, -0.2) is 0 Å². The summed E-state index contributed by atoms with van der Waals surface area (Å²) >= 11 is 0. The predicted octanol–water partition coefficient (Wildman–Crippen LogP) is 11.2. The monoisotopic (exact) mass is 963 g/mol. The van der Waals surface area contributed by atoms with Crippen LogP contribution >= 0.6 is 0 Å². The molecule has 6 atom stereocenters. The van der Waals surface area contributed by atoms with Gasteiger partial charge in [-0.3, -0.25) is 14.9 Å². The maximum Gasteiger partial charge on any atom is 0.269 e. The van der Waals surface area contributed by atoms with Gasteiger partial charge in [0.05, 0.1) is 23.2 Å². The van der Waals surface area contributed by atoms with Crippen LogP contribution in [0.5, 0.6) is 28.7 Å². The fraction of sp³-hybridized carbons (Fsp3) is 0.368. The number of hydrogen-bond acceptors (Lipinski definition) is 12. The number of amides is 1. The molecule has 1 saturated carbocycles. The number of carbonyl (C=O) groups excluding carboxylic acids is 1. The fourth-order valence-corrected chi connectivity index (χ4v) is 10.9. The molecule has 4 aliphatic rings. The van der Waals surface area contributed by atoms with Crippen LogP contribution in [0.25, 0.3) is 11.1 Å². The van der Waals surface area contributed by atoms with Crippen molar-refractivity contribution in [2.24, 2.45) is 22.9 Å². The summed E-state index contributed by atoms with van der Waals surface area (Å²) in [7, 11) is 0. The lowest BCUT2D eigenvalue weighted by atomic mass is 9.55. The van der Waals surface area contributed by atoms with E-state index in [1.807, 2.05) is 66.4 Å². The molecule has 2 aliphatic heterocycles. The van der Waals surface area contributed by atoms with E-state index in [4.69, 9.17) is 33.7 Å². The Balaban J connectivity index is 1.20. The van der Waals surface area contributed by atoms with Gasteiger partial charge in [0, 0.05) is 55.4 Å². The van der Waals surface area contributed by atoms with Crippen LogP contribution < -0.4 is 18.9 Å². The molecule has 0 aromatic heterocycles. The maximum atomic E-state index is 15.3. The van der Waals surface area contributed by atoms with Crippen molar-refractivity contribution in [3.63, 3.8) is 0 Å². The van der Waals surface area contributed by atoms with Crippen molar-refractivity contribution in [1.82, 2.24) is 4.90 Å². The molecule has 1 amide bonds. The molecule has 2 heterocycles. The third-order valence-electron chi connectivity index (χ3n) is 14.1. The summed E-state index contributed by atoms with van der Waals surface area (Å²) in [5.74, 6) is 0.400. The Labute approximate surface area is 414 Å². The van der Waals surface area contributed by atoms with Gasteiger partial charge >= 0.3 is 0 Å². The molecule has 9 rings (SSSR count). The van der Waals surface area contributed by atoms with Crippen LogP contribution in [0, 0.1) is 27.9 Å². The zero-order valence-corrected chi connectivity index (χ0v) is 40.0. The van der Waals surface area contributed by atoms with Gasteiger partial charge in [-0.15, -0.1) is 6.58 Å². The Kier molecular flexibility index (Phi) is 15.5. The van der Waals surface area contributed by atoms with Crippen molar-refractivity contribution in [2.45, 2.75) is 82.6 Å². The highest BCUT2D eigenvalue weighted by molar-refractivity contribution is 6.03. The lowest BCUT2D eigenvalue weighted by Crippen LogP contribution is -2.70. The van der Waals surface area contributed by atoms with Crippen LogP contribution in [0.15, 0.2) is 145 Å². The number of unbranched alkanes of at least 4 members (excludes halogenated alkanes) is 2. The first-order valence-corrected chi connectivity index (χ1v) is 24.7. The molecule has 0 unspecified atom stereocenters. The van der Waals surface area contributed by atoms with E-state index >= 15 is 4.79 Å². The van der Waals surface area contributed by atoms with Gasteiger partial charge in [-0.2, -0.15) is 0 Å². The number of aliphatic hydroxyl groups is 2. The van der Waals surface area contributed by atoms with E-state index in [-0.39, 0.29) is 69.0 Å². The number of aliphatic hydroxyl groups excluding tert-OH is 2. The Morgan fingerprint density at radius 1 is 0.873 bits per heavy atom. The van der Waals surface area contributed by atoms with Crippen LogP contribution in [0.1, 0.15) is 85.7 Å². The molecule has 0 bridgehead atoms. The van der Waals surface area contributed by atoms with Gasteiger partial charge in [0.1, 0.15) is 29.9 Å². The molecule has 14 nitrogen and oxygen atoms in total. The quantitative estimate of drug-likeness (QED) is 0.0293. The van der Waals surface area contributed by atoms with E-state index in [0.29, 0.717) is 71.4 Å². The second-order valence-electron chi connectivity index (χ2n) is 18.5. The number of fused-ring (bicyclic) bond motifs is 3. The second-order valence-corrected chi connectivity index (χ2v) is 18.5. The van der Waals surface area contributed by atoms with Crippen molar-refractivity contribution >= 4 is 17.3 Å². The molecular weight excluding hydrogens is 903 g/mol. The summed E-state index contributed by atoms with van der Waals surface area (Å²) in [5, 5.41) is 36.5. The van der Waals surface area contributed by atoms with E-state index < -0.39 is 22.7 Å². The highest BCUT2D eigenvalue weighted by Gasteiger charge is 2.65. The predicted molar refractivity (Wildman–Crippen MR) is 269 cm³/mol. The van der Waals surface area contributed by atoms with Crippen LogP contribution in [0.4, 0.5) is 5.69 Å². The maximum absolute atomic E-state index is 15.3. The summed E-state index contributed by atoms with van der Waals surface area (Å²) in [6, 6.07) is 34.8. The lowest BCUT2D eigenvalue weighted by Gasteiger charge is -2.60. The molecule has 370 valence electrons. The lowest BCUT2D eigenvalue weighted by molar-refractivity contribution is -0.384. The van der Waals surface area contributed by atoms with Gasteiger partial charge < -0.3 is 43.6 Å². The highest BCUT2D eigenvalue weighted by Crippen LogP contribution is 2.62. The number of hydrogen-bond donors (Lipinski definition) is 2. The van der Waals surface area contributed by atoms with Crippen LogP contribution in [-0.2, 0) is 16.2 Å². The zero-order valence-electron chi connectivity index (χ0n) is 40.0. The molecule has 71 heavy (non-hydrogen) atoms. The van der Waals surface area contributed by atoms with Gasteiger partial charge in [0.2, 0.25) is 12.6 Å². The topological polar surface area (TPSA) is 172 Å².